The van der Waals surface area contributed by atoms with Crippen LogP contribution in [-0.2, 0) is 4.79 Å². The van der Waals surface area contributed by atoms with E-state index in [1.807, 2.05) is 0 Å². The second kappa shape index (κ2) is 3.92. The summed E-state index contributed by atoms with van der Waals surface area (Å²) in [4.78, 5) is 11.5. The van der Waals surface area contributed by atoms with Gasteiger partial charge in [0.2, 0.25) is 0 Å². The monoisotopic (exact) mass is 208 g/mol. The molecule has 2 fully saturated rings. The molecule has 0 N–H and O–H groups in total. The number of carbonyl (C=O) groups is 1. The van der Waals surface area contributed by atoms with Crippen LogP contribution in [0.3, 0.4) is 0 Å². The maximum absolute atomic E-state index is 11.5. The summed E-state index contributed by atoms with van der Waals surface area (Å²) >= 11 is 0. The average molecular weight is 208 g/mol. The summed E-state index contributed by atoms with van der Waals surface area (Å²) in [6.45, 7) is 7.08. The van der Waals surface area contributed by atoms with Crippen LogP contribution in [0, 0.1) is 23.2 Å². The summed E-state index contributed by atoms with van der Waals surface area (Å²) in [5, 5.41) is 0. The Morgan fingerprint density at radius 2 is 2.07 bits per heavy atom. The van der Waals surface area contributed by atoms with Crippen molar-refractivity contribution in [1.29, 1.82) is 0 Å². The zero-order valence-electron chi connectivity index (χ0n) is 10.4. The molecule has 2 aliphatic rings. The molecule has 0 aromatic carbocycles. The van der Waals surface area contributed by atoms with Crippen molar-refractivity contribution >= 4 is 5.78 Å². The minimum Gasteiger partial charge on any atom is -0.300 e. The van der Waals surface area contributed by atoms with Crippen LogP contribution < -0.4 is 0 Å². The zero-order chi connectivity index (χ0) is 11.1. The highest BCUT2D eigenvalue weighted by Crippen LogP contribution is 2.51. The third-order valence-electron chi connectivity index (χ3n) is 5.05. The Labute approximate surface area is 93.6 Å². The van der Waals surface area contributed by atoms with Gasteiger partial charge in [-0.15, -0.1) is 0 Å². The largest absolute Gasteiger partial charge is 0.300 e. The molecule has 0 heterocycles. The lowest BCUT2D eigenvalue weighted by atomic mass is 9.57. The highest BCUT2D eigenvalue weighted by atomic mass is 16.1. The van der Waals surface area contributed by atoms with Crippen LogP contribution in [0.25, 0.3) is 0 Å². The van der Waals surface area contributed by atoms with Crippen LogP contribution in [0.5, 0.6) is 0 Å². The lowest BCUT2D eigenvalue weighted by Crippen LogP contribution is -2.40. The van der Waals surface area contributed by atoms with Gasteiger partial charge in [0.25, 0.3) is 0 Å². The molecule has 0 amide bonds. The van der Waals surface area contributed by atoms with E-state index in [1.54, 1.807) is 0 Å². The maximum Gasteiger partial charge on any atom is 0.133 e. The Hall–Kier alpha value is -0.330. The van der Waals surface area contributed by atoms with Gasteiger partial charge in [0.05, 0.1) is 0 Å². The van der Waals surface area contributed by atoms with Crippen molar-refractivity contribution in [2.75, 3.05) is 0 Å². The minimum absolute atomic E-state index is 0.499. The van der Waals surface area contributed by atoms with E-state index in [-0.39, 0.29) is 0 Å². The number of carbonyl (C=O) groups excluding carboxylic acids is 1. The Morgan fingerprint density at radius 3 is 2.73 bits per heavy atom. The number of Topliss-reactive ketones (excluding diaryl/α,β-unsaturated/α-hetero) is 1. The van der Waals surface area contributed by atoms with Crippen molar-refractivity contribution < 1.29 is 4.79 Å². The van der Waals surface area contributed by atoms with Gasteiger partial charge in [0, 0.05) is 12.8 Å². The van der Waals surface area contributed by atoms with Gasteiger partial charge in [0.1, 0.15) is 5.78 Å². The summed E-state index contributed by atoms with van der Waals surface area (Å²) in [7, 11) is 0. The van der Waals surface area contributed by atoms with Crippen LogP contribution >= 0.6 is 0 Å². The first kappa shape index (κ1) is 11.2. The molecular weight excluding hydrogens is 184 g/mol. The first-order valence-electron chi connectivity index (χ1n) is 6.53. The van der Waals surface area contributed by atoms with E-state index in [2.05, 4.69) is 20.8 Å². The molecule has 0 radical (unpaired) electrons. The molecule has 0 unspecified atom stereocenters. The number of hydrogen-bond donors (Lipinski definition) is 0. The van der Waals surface area contributed by atoms with Gasteiger partial charge in [-0.25, -0.2) is 0 Å². The van der Waals surface area contributed by atoms with Gasteiger partial charge in [-0.3, -0.25) is 4.79 Å². The summed E-state index contributed by atoms with van der Waals surface area (Å²) in [6, 6.07) is 0. The Morgan fingerprint density at radius 1 is 1.33 bits per heavy atom. The van der Waals surface area contributed by atoms with Crippen molar-refractivity contribution in [2.45, 2.75) is 59.3 Å². The maximum atomic E-state index is 11.5. The molecule has 0 bridgehead atoms. The molecule has 2 saturated carbocycles. The standard InChI is InChI=1S/C14H24O/c1-10(2)11-4-6-14(3)7-5-13(15)9-12(14)8-11/h10-12H,4-9H2,1-3H3/t11-,12+,14-/m0/s1. The van der Waals surface area contributed by atoms with Gasteiger partial charge < -0.3 is 0 Å². The van der Waals surface area contributed by atoms with Crippen LogP contribution in [0.15, 0.2) is 0 Å². The first-order chi connectivity index (χ1) is 7.01. The molecule has 86 valence electrons. The van der Waals surface area contributed by atoms with Gasteiger partial charge in [-0.05, 0) is 48.9 Å². The van der Waals surface area contributed by atoms with E-state index in [9.17, 15) is 4.79 Å². The normalized spacial score (nSPS) is 41.7. The molecule has 1 heteroatoms. The van der Waals surface area contributed by atoms with Crippen molar-refractivity contribution in [3.05, 3.63) is 0 Å². The fraction of sp³-hybridized carbons (Fsp3) is 0.929. The van der Waals surface area contributed by atoms with Gasteiger partial charge in [-0.1, -0.05) is 20.8 Å². The molecular formula is C14H24O. The molecule has 0 spiro atoms. The van der Waals surface area contributed by atoms with Crippen LogP contribution in [0.4, 0.5) is 0 Å². The second-order valence-electron chi connectivity index (χ2n) is 6.37. The van der Waals surface area contributed by atoms with E-state index in [1.165, 1.54) is 19.3 Å². The van der Waals surface area contributed by atoms with Crippen LogP contribution in [0.1, 0.15) is 59.3 Å². The molecule has 0 saturated heterocycles. The van der Waals surface area contributed by atoms with Crippen LogP contribution in [0.2, 0.25) is 0 Å². The summed E-state index contributed by atoms with van der Waals surface area (Å²) in [5.74, 6) is 2.88. The van der Waals surface area contributed by atoms with Crippen LogP contribution in [-0.4, -0.2) is 5.78 Å². The fourth-order valence-electron chi connectivity index (χ4n) is 3.55. The van der Waals surface area contributed by atoms with E-state index in [0.717, 1.165) is 31.1 Å². The first-order valence-corrected chi connectivity index (χ1v) is 6.53. The Bertz CT molecular complexity index is 256. The van der Waals surface area contributed by atoms with Gasteiger partial charge in [-0.2, -0.15) is 0 Å². The predicted octanol–water partition coefficient (Wildman–Crippen LogP) is 3.82. The van der Waals surface area contributed by atoms with E-state index in [0.29, 0.717) is 17.1 Å². The van der Waals surface area contributed by atoms with E-state index in [4.69, 9.17) is 0 Å². The second-order valence-corrected chi connectivity index (χ2v) is 6.37. The lowest BCUT2D eigenvalue weighted by molar-refractivity contribution is -0.126. The number of hydrogen-bond acceptors (Lipinski definition) is 1. The quantitative estimate of drug-likeness (QED) is 0.640. The SMILES string of the molecule is CC(C)[C@H]1CC[C@@]2(C)CCC(=O)C[C@H]2C1. The number of rotatable bonds is 1. The molecule has 0 aromatic rings. The molecule has 3 atom stereocenters. The van der Waals surface area contributed by atoms with Crippen molar-refractivity contribution in [1.82, 2.24) is 0 Å². The lowest BCUT2D eigenvalue weighted by Gasteiger charge is -2.48. The fourth-order valence-corrected chi connectivity index (χ4v) is 3.55. The van der Waals surface area contributed by atoms with E-state index >= 15 is 0 Å². The molecule has 1 nitrogen and oxygen atoms in total. The van der Waals surface area contributed by atoms with Crippen molar-refractivity contribution in [3.8, 4) is 0 Å². The minimum atomic E-state index is 0.499. The highest BCUT2D eigenvalue weighted by Gasteiger charge is 2.43. The average Bonchev–Trinajstić information content (AvgIpc) is 2.18. The highest BCUT2D eigenvalue weighted by molar-refractivity contribution is 5.79. The molecule has 0 aromatic heterocycles. The summed E-state index contributed by atoms with van der Waals surface area (Å²) < 4.78 is 0. The molecule has 2 rings (SSSR count). The zero-order valence-corrected chi connectivity index (χ0v) is 10.4. The van der Waals surface area contributed by atoms with Gasteiger partial charge >= 0.3 is 0 Å². The Balaban J connectivity index is 2.07. The van der Waals surface area contributed by atoms with Crippen molar-refractivity contribution in [2.24, 2.45) is 23.2 Å². The third-order valence-corrected chi connectivity index (χ3v) is 5.05. The van der Waals surface area contributed by atoms with Gasteiger partial charge in [0.15, 0.2) is 0 Å². The molecule has 15 heavy (non-hydrogen) atoms. The number of ketones is 1. The Kier molecular flexibility index (Phi) is 2.92. The summed E-state index contributed by atoms with van der Waals surface area (Å²) in [6.07, 6.45) is 6.92. The smallest absolute Gasteiger partial charge is 0.133 e. The number of fused-ring (bicyclic) bond motifs is 1. The molecule has 0 aliphatic heterocycles. The molecule has 2 aliphatic carbocycles. The third kappa shape index (κ3) is 2.11. The topological polar surface area (TPSA) is 17.1 Å². The van der Waals surface area contributed by atoms with Crippen molar-refractivity contribution in [3.63, 3.8) is 0 Å². The van der Waals surface area contributed by atoms with E-state index < -0.39 is 0 Å². The summed E-state index contributed by atoms with van der Waals surface area (Å²) in [5.41, 5.74) is 0.499. The predicted molar refractivity (Wildman–Crippen MR) is 62.6 cm³/mol.